The fourth-order valence-electron chi connectivity index (χ4n) is 3.66. The van der Waals surface area contributed by atoms with E-state index in [0.29, 0.717) is 6.54 Å². The van der Waals surface area contributed by atoms with Crippen LogP contribution in [0.2, 0.25) is 0 Å². The van der Waals surface area contributed by atoms with Gasteiger partial charge < -0.3 is 14.8 Å². The third-order valence-corrected chi connectivity index (χ3v) is 4.75. The first-order valence-corrected chi connectivity index (χ1v) is 9.03. The Morgan fingerprint density at radius 3 is 2.50 bits per heavy atom. The topological polar surface area (TPSA) is 37.3 Å². The van der Waals surface area contributed by atoms with Crippen LogP contribution in [-0.2, 0) is 6.54 Å². The summed E-state index contributed by atoms with van der Waals surface area (Å²) in [7, 11) is 0. The highest BCUT2D eigenvalue weighted by molar-refractivity contribution is 5.76. The number of fused-ring (bicyclic) bond motifs is 3. The number of para-hydroxylation sites is 1. The molecule has 26 heavy (non-hydrogen) atoms. The van der Waals surface area contributed by atoms with Gasteiger partial charge in [0.05, 0.1) is 18.3 Å². The number of urea groups is 1. The van der Waals surface area contributed by atoms with Crippen LogP contribution in [0.15, 0.2) is 72.9 Å². The third-order valence-electron chi connectivity index (χ3n) is 4.75. The summed E-state index contributed by atoms with van der Waals surface area (Å²) in [6.07, 6.45) is 2.08. The number of benzene rings is 2. The first kappa shape index (κ1) is 16.5. The van der Waals surface area contributed by atoms with Gasteiger partial charge in [0.2, 0.25) is 0 Å². The van der Waals surface area contributed by atoms with E-state index in [2.05, 4.69) is 46.4 Å². The summed E-state index contributed by atoms with van der Waals surface area (Å²) in [5.41, 5.74) is 4.48. The zero-order chi connectivity index (χ0) is 18.1. The van der Waals surface area contributed by atoms with E-state index < -0.39 is 0 Å². The van der Waals surface area contributed by atoms with Crippen molar-refractivity contribution in [3.63, 3.8) is 0 Å². The molecule has 0 bridgehead atoms. The van der Waals surface area contributed by atoms with E-state index in [0.717, 1.165) is 22.5 Å². The van der Waals surface area contributed by atoms with Crippen LogP contribution in [0.4, 0.5) is 4.79 Å². The summed E-state index contributed by atoms with van der Waals surface area (Å²) in [4.78, 5) is 15.0. The smallest absolute Gasteiger partial charge is 0.318 e. The molecule has 1 aromatic heterocycles. The number of rotatable bonds is 2. The minimum absolute atomic E-state index is 0.0432. The molecule has 1 atom stereocenters. The van der Waals surface area contributed by atoms with Crippen molar-refractivity contribution in [3.05, 3.63) is 89.7 Å². The molecule has 1 N–H and O–H groups in total. The van der Waals surface area contributed by atoms with Gasteiger partial charge in [-0.05, 0) is 43.2 Å². The lowest BCUT2D eigenvalue weighted by Gasteiger charge is -2.31. The predicted octanol–water partition coefficient (Wildman–Crippen LogP) is 4.50. The fourth-order valence-corrected chi connectivity index (χ4v) is 3.66. The van der Waals surface area contributed by atoms with Crippen LogP contribution in [0.25, 0.3) is 5.69 Å². The zero-order valence-corrected chi connectivity index (χ0v) is 15.1. The molecule has 132 valence electrons. The molecule has 0 saturated carbocycles. The van der Waals surface area contributed by atoms with Crippen LogP contribution < -0.4 is 5.32 Å². The molecule has 1 aliphatic heterocycles. The number of aromatic nitrogens is 1. The van der Waals surface area contributed by atoms with Crippen molar-refractivity contribution < 1.29 is 4.79 Å². The Labute approximate surface area is 154 Å². The molecule has 0 saturated heterocycles. The first-order valence-electron chi connectivity index (χ1n) is 9.03. The number of hydrogen-bond donors (Lipinski definition) is 1. The van der Waals surface area contributed by atoms with Crippen LogP contribution >= 0.6 is 0 Å². The van der Waals surface area contributed by atoms with Crippen LogP contribution in [0.1, 0.15) is 36.7 Å². The van der Waals surface area contributed by atoms with Crippen LogP contribution in [0.3, 0.4) is 0 Å². The summed E-state index contributed by atoms with van der Waals surface area (Å²) in [5.74, 6) is 0. The molecule has 0 spiro atoms. The maximum atomic E-state index is 13.1. The maximum absolute atomic E-state index is 13.1. The van der Waals surface area contributed by atoms with Crippen molar-refractivity contribution in [1.82, 2.24) is 14.8 Å². The number of hydrogen-bond acceptors (Lipinski definition) is 1. The molecule has 0 aliphatic carbocycles. The summed E-state index contributed by atoms with van der Waals surface area (Å²) in [5, 5.41) is 3.07. The lowest BCUT2D eigenvalue weighted by molar-refractivity contribution is 0.178. The van der Waals surface area contributed by atoms with Gasteiger partial charge in [-0.1, -0.05) is 48.5 Å². The van der Waals surface area contributed by atoms with Crippen LogP contribution in [0.5, 0.6) is 0 Å². The Balaban J connectivity index is 1.90. The second-order valence-electron chi connectivity index (χ2n) is 6.98. The van der Waals surface area contributed by atoms with E-state index in [4.69, 9.17) is 0 Å². The van der Waals surface area contributed by atoms with Gasteiger partial charge in [0.15, 0.2) is 0 Å². The van der Waals surface area contributed by atoms with Gasteiger partial charge in [0.1, 0.15) is 0 Å². The molecule has 2 aromatic carbocycles. The molecule has 1 aliphatic rings. The van der Waals surface area contributed by atoms with Gasteiger partial charge in [-0.3, -0.25) is 0 Å². The Hall–Kier alpha value is -3.01. The van der Waals surface area contributed by atoms with Crippen molar-refractivity contribution in [2.75, 3.05) is 0 Å². The Kier molecular flexibility index (Phi) is 4.25. The molecule has 2 heterocycles. The zero-order valence-electron chi connectivity index (χ0n) is 15.1. The summed E-state index contributed by atoms with van der Waals surface area (Å²) >= 11 is 0. The van der Waals surface area contributed by atoms with Gasteiger partial charge in [-0.2, -0.15) is 0 Å². The molecule has 0 fully saturated rings. The van der Waals surface area contributed by atoms with Gasteiger partial charge in [0.25, 0.3) is 0 Å². The number of carbonyl (C=O) groups is 1. The minimum atomic E-state index is -0.141. The third kappa shape index (κ3) is 2.88. The predicted molar refractivity (Wildman–Crippen MR) is 103 cm³/mol. The summed E-state index contributed by atoms with van der Waals surface area (Å²) in [6, 6.07) is 22.6. The molecular formula is C22H23N3O. The average Bonchev–Trinajstić information content (AvgIpc) is 3.06. The molecule has 4 nitrogen and oxygen atoms in total. The van der Waals surface area contributed by atoms with E-state index in [1.807, 2.05) is 55.1 Å². The van der Waals surface area contributed by atoms with Crippen molar-refractivity contribution in [1.29, 1.82) is 0 Å². The quantitative estimate of drug-likeness (QED) is 0.729. The number of amides is 2. The lowest BCUT2D eigenvalue weighted by Crippen LogP contribution is -2.44. The van der Waals surface area contributed by atoms with Crippen molar-refractivity contribution in [3.8, 4) is 5.69 Å². The van der Waals surface area contributed by atoms with Crippen LogP contribution in [0, 0.1) is 0 Å². The number of nitrogens with zero attached hydrogens (tertiary/aromatic N) is 2. The van der Waals surface area contributed by atoms with Gasteiger partial charge in [-0.25, -0.2) is 4.79 Å². The maximum Gasteiger partial charge on any atom is 0.318 e. The second kappa shape index (κ2) is 6.71. The summed E-state index contributed by atoms with van der Waals surface area (Å²) in [6.45, 7) is 4.55. The number of nitrogens with one attached hydrogen (secondary N) is 1. The average molecular weight is 345 g/mol. The SMILES string of the molecule is CC(C)NC(=O)N1Cc2ccccc2-n2cccc2[C@@H]1c1ccccc1. The monoisotopic (exact) mass is 345 g/mol. The largest absolute Gasteiger partial charge is 0.336 e. The molecule has 2 amide bonds. The van der Waals surface area contributed by atoms with Gasteiger partial charge in [-0.15, -0.1) is 0 Å². The fraction of sp³-hybridized carbons (Fsp3) is 0.227. The highest BCUT2D eigenvalue weighted by atomic mass is 16.2. The standard InChI is InChI=1S/C22H23N3O/c1-16(2)23-22(26)25-15-18-11-6-7-12-19(18)24-14-8-13-20(24)21(25)17-9-4-3-5-10-17/h3-14,16,21H,15H2,1-2H3,(H,23,26)/t21-/m0/s1. The second-order valence-corrected chi connectivity index (χ2v) is 6.98. The van der Waals surface area contributed by atoms with Gasteiger partial charge in [0, 0.05) is 17.9 Å². The van der Waals surface area contributed by atoms with E-state index >= 15 is 0 Å². The van der Waals surface area contributed by atoms with Gasteiger partial charge >= 0.3 is 6.03 Å². The molecule has 4 rings (SSSR count). The molecule has 0 radical (unpaired) electrons. The minimum Gasteiger partial charge on any atom is -0.336 e. The molecular weight excluding hydrogens is 322 g/mol. The Morgan fingerprint density at radius 1 is 1.00 bits per heavy atom. The highest BCUT2D eigenvalue weighted by Crippen LogP contribution is 2.36. The molecule has 4 heteroatoms. The molecule has 0 unspecified atom stereocenters. The normalized spacial score (nSPS) is 16.0. The van der Waals surface area contributed by atoms with E-state index in [9.17, 15) is 4.79 Å². The van der Waals surface area contributed by atoms with Crippen LogP contribution in [-0.4, -0.2) is 21.5 Å². The number of carbonyl (C=O) groups excluding carboxylic acids is 1. The van der Waals surface area contributed by atoms with E-state index in [1.54, 1.807) is 0 Å². The first-order chi connectivity index (χ1) is 12.6. The highest BCUT2D eigenvalue weighted by Gasteiger charge is 2.32. The van der Waals surface area contributed by atoms with E-state index in [1.165, 1.54) is 0 Å². The van der Waals surface area contributed by atoms with Crippen molar-refractivity contribution >= 4 is 6.03 Å². The lowest BCUT2D eigenvalue weighted by atomic mass is 10.0. The Bertz CT molecular complexity index is 914. The Morgan fingerprint density at radius 2 is 1.73 bits per heavy atom. The van der Waals surface area contributed by atoms with Crippen molar-refractivity contribution in [2.24, 2.45) is 0 Å². The molecule has 3 aromatic rings. The van der Waals surface area contributed by atoms with Crippen molar-refractivity contribution in [2.45, 2.75) is 32.5 Å². The van der Waals surface area contributed by atoms with E-state index in [-0.39, 0.29) is 18.1 Å². The summed E-state index contributed by atoms with van der Waals surface area (Å²) < 4.78 is 2.20.